The molecule has 1 aromatic heterocycles. The van der Waals surface area contributed by atoms with Crippen molar-refractivity contribution < 1.29 is 18.4 Å². The number of anilines is 2. The molecule has 2 amide bonds. The Hall–Kier alpha value is -4.46. The van der Waals surface area contributed by atoms with Crippen LogP contribution in [0.3, 0.4) is 0 Å². The van der Waals surface area contributed by atoms with Gasteiger partial charge in [0.1, 0.15) is 23.4 Å². The Morgan fingerprint density at radius 3 is 2.06 bits per heavy atom. The van der Waals surface area contributed by atoms with E-state index in [-0.39, 0.29) is 5.69 Å². The molecule has 0 saturated carbocycles. The van der Waals surface area contributed by atoms with Crippen LogP contribution in [-0.4, -0.2) is 21.8 Å². The fourth-order valence-electron chi connectivity index (χ4n) is 3.31. The number of hydrogen-bond acceptors (Lipinski definition) is 4. The molecule has 1 heterocycles. The Kier molecular flexibility index (Phi) is 6.45. The second-order valence-electron chi connectivity index (χ2n) is 7.05. The van der Waals surface area contributed by atoms with Crippen molar-refractivity contribution in [2.45, 2.75) is 6.04 Å². The summed E-state index contributed by atoms with van der Waals surface area (Å²) in [4.78, 5) is 36.4. The Labute approximate surface area is 188 Å². The van der Waals surface area contributed by atoms with E-state index in [1.165, 1.54) is 72.0 Å². The Bertz CT molecular complexity index is 1240. The Morgan fingerprint density at radius 2 is 1.45 bits per heavy atom. The Morgan fingerprint density at radius 1 is 0.818 bits per heavy atom. The topological polar surface area (TPSA) is 75.2 Å². The molecule has 0 saturated heterocycles. The third-order valence-electron chi connectivity index (χ3n) is 4.84. The lowest BCUT2D eigenvalue weighted by molar-refractivity contribution is -0.117. The molecule has 0 aliphatic rings. The normalized spacial score (nSPS) is 11.5. The molecule has 6 nitrogen and oxygen atoms in total. The summed E-state index contributed by atoms with van der Waals surface area (Å²) >= 11 is 0. The minimum absolute atomic E-state index is 0.0306. The monoisotopic (exact) mass is 444 g/mol. The van der Waals surface area contributed by atoms with Crippen LogP contribution in [0.4, 0.5) is 20.2 Å². The second-order valence-corrected chi connectivity index (χ2v) is 7.05. The lowest BCUT2D eigenvalue weighted by Gasteiger charge is -2.31. The van der Waals surface area contributed by atoms with Crippen LogP contribution >= 0.6 is 0 Å². The van der Waals surface area contributed by atoms with Crippen LogP contribution in [0.2, 0.25) is 0 Å². The standard InChI is InChI=1S/C25H18F2N4O2/c26-18-8-6-17(7-9-18)23(24(32)30-20-12-10-19(27)11-13-20)31(21-4-2-1-3-5-21)25(33)22-16-28-14-15-29-22/h1-16,23H,(H,30,32)/t23-/m1/s1. The average Bonchev–Trinajstić information content (AvgIpc) is 2.85. The van der Waals surface area contributed by atoms with E-state index >= 15 is 0 Å². The van der Waals surface area contributed by atoms with E-state index in [4.69, 9.17) is 0 Å². The van der Waals surface area contributed by atoms with Crippen LogP contribution in [0.5, 0.6) is 0 Å². The van der Waals surface area contributed by atoms with Gasteiger partial charge < -0.3 is 5.32 Å². The lowest BCUT2D eigenvalue weighted by Crippen LogP contribution is -2.42. The predicted octanol–water partition coefficient (Wildman–Crippen LogP) is 4.78. The largest absolute Gasteiger partial charge is 0.324 e. The molecule has 0 aliphatic heterocycles. The molecule has 0 unspecified atom stereocenters. The molecule has 0 fully saturated rings. The van der Waals surface area contributed by atoms with Gasteiger partial charge in [0.15, 0.2) is 0 Å². The second kappa shape index (κ2) is 9.78. The highest BCUT2D eigenvalue weighted by Crippen LogP contribution is 2.30. The smallest absolute Gasteiger partial charge is 0.279 e. The summed E-state index contributed by atoms with van der Waals surface area (Å²) in [5.41, 5.74) is 1.17. The number of amides is 2. The summed E-state index contributed by atoms with van der Waals surface area (Å²) in [7, 11) is 0. The van der Waals surface area contributed by atoms with Crippen LogP contribution in [0.1, 0.15) is 22.1 Å². The van der Waals surface area contributed by atoms with Crippen LogP contribution in [0.15, 0.2) is 97.5 Å². The van der Waals surface area contributed by atoms with Crippen molar-refractivity contribution in [3.05, 3.63) is 120 Å². The van der Waals surface area contributed by atoms with Crippen molar-refractivity contribution >= 4 is 23.2 Å². The van der Waals surface area contributed by atoms with E-state index < -0.39 is 29.5 Å². The molecule has 1 N–H and O–H groups in total. The third-order valence-corrected chi connectivity index (χ3v) is 4.84. The molecule has 33 heavy (non-hydrogen) atoms. The minimum atomic E-state index is -1.19. The van der Waals surface area contributed by atoms with Crippen LogP contribution in [-0.2, 0) is 4.79 Å². The SMILES string of the molecule is O=C(Nc1ccc(F)cc1)[C@@H](c1ccc(F)cc1)N(C(=O)c1cnccn1)c1ccccc1. The molecule has 0 radical (unpaired) electrons. The zero-order valence-corrected chi connectivity index (χ0v) is 17.2. The van der Waals surface area contributed by atoms with Gasteiger partial charge in [-0.15, -0.1) is 0 Å². The first-order valence-electron chi connectivity index (χ1n) is 9.99. The molecular formula is C25H18F2N4O2. The van der Waals surface area contributed by atoms with Gasteiger partial charge >= 0.3 is 0 Å². The molecule has 1 atom stereocenters. The van der Waals surface area contributed by atoms with Crippen LogP contribution in [0, 0.1) is 11.6 Å². The fraction of sp³-hybridized carbons (Fsp3) is 0.0400. The number of para-hydroxylation sites is 1. The maximum absolute atomic E-state index is 13.6. The molecule has 0 spiro atoms. The first-order valence-corrected chi connectivity index (χ1v) is 9.99. The number of carbonyl (C=O) groups excluding carboxylic acids is 2. The molecule has 4 aromatic rings. The number of aromatic nitrogens is 2. The molecule has 4 rings (SSSR count). The summed E-state index contributed by atoms with van der Waals surface area (Å²) in [5, 5.41) is 2.71. The van der Waals surface area contributed by atoms with Crippen molar-refractivity contribution in [2.24, 2.45) is 0 Å². The average molecular weight is 444 g/mol. The lowest BCUT2D eigenvalue weighted by atomic mass is 10.0. The zero-order valence-electron chi connectivity index (χ0n) is 17.2. The highest BCUT2D eigenvalue weighted by molar-refractivity contribution is 6.11. The molecule has 0 aliphatic carbocycles. The van der Waals surface area contributed by atoms with Gasteiger partial charge in [-0.1, -0.05) is 30.3 Å². The van der Waals surface area contributed by atoms with Crippen molar-refractivity contribution in [2.75, 3.05) is 10.2 Å². The van der Waals surface area contributed by atoms with E-state index in [9.17, 15) is 18.4 Å². The number of carbonyl (C=O) groups is 2. The van der Waals surface area contributed by atoms with E-state index in [0.717, 1.165) is 0 Å². The zero-order chi connectivity index (χ0) is 23.2. The van der Waals surface area contributed by atoms with E-state index in [2.05, 4.69) is 15.3 Å². The molecule has 8 heteroatoms. The summed E-state index contributed by atoms with van der Waals surface area (Å²) in [6.07, 6.45) is 4.11. The number of benzene rings is 3. The van der Waals surface area contributed by atoms with Gasteiger partial charge in [-0.05, 0) is 54.1 Å². The molecule has 3 aromatic carbocycles. The van der Waals surface area contributed by atoms with Gasteiger partial charge in [-0.3, -0.25) is 19.5 Å². The third kappa shape index (κ3) is 5.07. The van der Waals surface area contributed by atoms with Gasteiger partial charge in [0.05, 0.1) is 6.20 Å². The van der Waals surface area contributed by atoms with Gasteiger partial charge in [-0.25, -0.2) is 13.8 Å². The van der Waals surface area contributed by atoms with E-state index in [1.807, 2.05) is 0 Å². The van der Waals surface area contributed by atoms with Crippen molar-refractivity contribution in [1.29, 1.82) is 0 Å². The molecule has 164 valence electrons. The van der Waals surface area contributed by atoms with E-state index in [0.29, 0.717) is 16.9 Å². The van der Waals surface area contributed by atoms with Crippen molar-refractivity contribution in [1.82, 2.24) is 9.97 Å². The fourth-order valence-corrected chi connectivity index (χ4v) is 3.31. The van der Waals surface area contributed by atoms with Crippen molar-refractivity contribution in [3.63, 3.8) is 0 Å². The van der Waals surface area contributed by atoms with Gasteiger partial charge in [0.25, 0.3) is 11.8 Å². The number of rotatable bonds is 6. The van der Waals surface area contributed by atoms with Crippen molar-refractivity contribution in [3.8, 4) is 0 Å². The highest BCUT2D eigenvalue weighted by atomic mass is 19.1. The number of halogens is 2. The first kappa shape index (κ1) is 21.8. The minimum Gasteiger partial charge on any atom is -0.324 e. The maximum Gasteiger partial charge on any atom is 0.279 e. The number of nitrogens with one attached hydrogen (secondary N) is 1. The van der Waals surface area contributed by atoms with Crippen LogP contribution < -0.4 is 10.2 Å². The first-order chi connectivity index (χ1) is 16.0. The maximum atomic E-state index is 13.6. The number of hydrogen-bond donors (Lipinski definition) is 1. The van der Waals surface area contributed by atoms with Crippen LogP contribution in [0.25, 0.3) is 0 Å². The summed E-state index contributed by atoms with van der Waals surface area (Å²) in [5.74, 6) is -2.08. The number of nitrogens with zero attached hydrogens (tertiary/aromatic N) is 3. The van der Waals surface area contributed by atoms with Gasteiger partial charge in [0.2, 0.25) is 0 Å². The quantitative estimate of drug-likeness (QED) is 0.464. The predicted molar refractivity (Wildman–Crippen MR) is 119 cm³/mol. The summed E-state index contributed by atoms with van der Waals surface area (Å²) in [6.45, 7) is 0. The molecular weight excluding hydrogens is 426 g/mol. The van der Waals surface area contributed by atoms with Gasteiger partial charge in [-0.2, -0.15) is 0 Å². The highest BCUT2D eigenvalue weighted by Gasteiger charge is 2.34. The van der Waals surface area contributed by atoms with Gasteiger partial charge in [0, 0.05) is 23.8 Å². The molecule has 0 bridgehead atoms. The van der Waals surface area contributed by atoms with E-state index in [1.54, 1.807) is 30.3 Å². The summed E-state index contributed by atoms with van der Waals surface area (Å²) < 4.78 is 27.0. The summed E-state index contributed by atoms with van der Waals surface area (Å²) in [6, 6.07) is 17.9. The Balaban J connectivity index is 1.82.